The number of alkyl halides is 9. The Morgan fingerprint density at radius 3 is 1.92 bits per heavy atom. The van der Waals surface area contributed by atoms with Crippen LogP contribution in [0.4, 0.5) is 51.1 Å². The second-order valence-corrected chi connectivity index (χ2v) is 12.6. The van der Waals surface area contributed by atoms with Gasteiger partial charge in [-0.2, -0.15) is 44.3 Å². The molecular weight excluding hydrogens is 707 g/mol. The normalized spacial score (nSPS) is 17.0. The number of benzene rings is 2. The smallest absolute Gasteiger partial charge is 0.416 e. The Morgan fingerprint density at radius 2 is 1.44 bits per heavy atom. The van der Waals surface area contributed by atoms with E-state index < -0.39 is 59.8 Å². The zero-order chi connectivity index (χ0) is 36.3. The first-order valence-corrected chi connectivity index (χ1v) is 15.7. The molecular formula is C32H38ClF9N6O2. The first-order valence-electron chi connectivity index (χ1n) is 15.7. The summed E-state index contributed by atoms with van der Waals surface area (Å²) >= 11 is 0. The van der Waals surface area contributed by atoms with Crippen molar-refractivity contribution in [1.29, 1.82) is 0 Å². The van der Waals surface area contributed by atoms with Crippen LogP contribution in [0, 0.1) is 18.8 Å². The first kappa shape index (κ1) is 40.7. The third kappa shape index (κ3) is 10.6. The Hall–Kier alpha value is -3.76. The number of aryl methyl sites for hydroxylation is 2. The van der Waals surface area contributed by atoms with Crippen molar-refractivity contribution in [2.45, 2.75) is 84.0 Å². The monoisotopic (exact) mass is 744 g/mol. The lowest BCUT2D eigenvalue weighted by atomic mass is 9.80. The van der Waals surface area contributed by atoms with Gasteiger partial charge in [-0.1, -0.05) is 12.0 Å². The third-order valence-electron chi connectivity index (χ3n) is 8.64. The van der Waals surface area contributed by atoms with E-state index in [1.165, 1.54) is 24.9 Å². The summed E-state index contributed by atoms with van der Waals surface area (Å²) in [6.45, 7) is 3.09. The molecule has 0 atom stereocenters. The molecule has 4 rings (SSSR count). The van der Waals surface area contributed by atoms with E-state index >= 15 is 0 Å². The van der Waals surface area contributed by atoms with Gasteiger partial charge in [-0.05, 0) is 103 Å². The molecule has 0 radical (unpaired) electrons. The molecule has 18 heteroatoms. The van der Waals surface area contributed by atoms with Gasteiger partial charge in [0.1, 0.15) is 0 Å². The molecule has 1 aliphatic carbocycles. The zero-order valence-corrected chi connectivity index (χ0v) is 28.3. The van der Waals surface area contributed by atoms with Crippen LogP contribution in [0.2, 0.25) is 0 Å². The molecule has 0 bridgehead atoms. The molecule has 1 aliphatic rings. The Kier molecular flexibility index (Phi) is 13.1. The lowest BCUT2D eigenvalue weighted by molar-refractivity contribution is -0.143. The molecule has 0 aliphatic heterocycles. The van der Waals surface area contributed by atoms with Crippen molar-refractivity contribution in [3.05, 3.63) is 63.7 Å². The summed E-state index contributed by atoms with van der Waals surface area (Å²) in [7, 11) is 1.38. The maximum Gasteiger partial charge on any atom is 0.416 e. The summed E-state index contributed by atoms with van der Waals surface area (Å²) in [6.07, 6.45) is -11.5. The lowest BCUT2D eigenvalue weighted by Crippen LogP contribution is -2.34. The fourth-order valence-corrected chi connectivity index (χ4v) is 6.36. The molecule has 1 saturated carbocycles. The molecule has 0 amide bonds. The average molecular weight is 745 g/mol. The van der Waals surface area contributed by atoms with Crippen molar-refractivity contribution in [2.75, 3.05) is 22.9 Å². The van der Waals surface area contributed by atoms with E-state index in [2.05, 4.69) is 15.4 Å². The van der Waals surface area contributed by atoms with Crippen LogP contribution in [0.5, 0.6) is 0 Å². The van der Waals surface area contributed by atoms with Gasteiger partial charge in [-0.25, -0.2) is 0 Å². The summed E-state index contributed by atoms with van der Waals surface area (Å²) in [6, 6.07) is 3.46. The van der Waals surface area contributed by atoms with Gasteiger partial charge < -0.3 is 14.9 Å². The van der Waals surface area contributed by atoms with E-state index in [4.69, 9.17) is 0 Å². The number of aliphatic carboxylic acids is 1. The number of nitrogens with zero attached hydrogens (tertiary/aromatic N) is 6. The summed E-state index contributed by atoms with van der Waals surface area (Å²) in [5, 5.41) is 20.8. The van der Waals surface area contributed by atoms with Crippen LogP contribution in [0.1, 0.15) is 78.8 Å². The number of carboxylic acid groups (broad SMARTS) is 1. The fraction of sp³-hybridized carbons (Fsp3) is 0.562. The highest BCUT2D eigenvalue weighted by atomic mass is 35.5. The Balaban J connectivity index is 0.00000676. The van der Waals surface area contributed by atoms with Crippen molar-refractivity contribution in [1.82, 2.24) is 20.2 Å². The second-order valence-electron chi connectivity index (χ2n) is 12.6. The molecule has 1 heterocycles. The van der Waals surface area contributed by atoms with Crippen molar-refractivity contribution < 1.29 is 49.4 Å². The summed E-state index contributed by atoms with van der Waals surface area (Å²) in [5.41, 5.74) is -3.95. The van der Waals surface area contributed by atoms with Gasteiger partial charge in [0.05, 0.1) is 23.7 Å². The largest absolute Gasteiger partial charge is 0.481 e. The Bertz CT molecular complexity index is 1570. The van der Waals surface area contributed by atoms with Crippen molar-refractivity contribution in [2.24, 2.45) is 18.9 Å². The maximum absolute atomic E-state index is 14.2. The van der Waals surface area contributed by atoms with Crippen molar-refractivity contribution >= 4 is 30.0 Å². The van der Waals surface area contributed by atoms with Crippen LogP contribution in [0.15, 0.2) is 30.3 Å². The molecule has 1 N–H and O–H groups in total. The molecule has 1 fully saturated rings. The molecule has 1 aromatic heterocycles. The number of carbonyl (C=O) groups is 1. The van der Waals surface area contributed by atoms with Crippen LogP contribution in [0.3, 0.4) is 0 Å². The predicted octanol–water partition coefficient (Wildman–Crippen LogP) is 8.70. The molecule has 8 nitrogen and oxygen atoms in total. The topological polar surface area (TPSA) is 87.4 Å². The Labute approximate surface area is 289 Å². The number of carboxylic acids is 1. The summed E-state index contributed by atoms with van der Waals surface area (Å²) in [5.74, 6) is -0.926. The number of anilines is 2. The van der Waals surface area contributed by atoms with Gasteiger partial charge >= 0.3 is 24.5 Å². The molecule has 0 unspecified atom stereocenters. The molecule has 50 heavy (non-hydrogen) atoms. The summed E-state index contributed by atoms with van der Waals surface area (Å²) in [4.78, 5) is 15.3. The van der Waals surface area contributed by atoms with Gasteiger partial charge in [0, 0.05) is 38.3 Å². The number of rotatable bonds is 12. The van der Waals surface area contributed by atoms with Gasteiger partial charge in [-0.15, -0.1) is 17.5 Å². The van der Waals surface area contributed by atoms with Crippen LogP contribution in [-0.4, -0.2) is 44.4 Å². The minimum atomic E-state index is -5.11. The number of hydrogen-bond donors (Lipinski definition) is 1. The van der Waals surface area contributed by atoms with Crippen molar-refractivity contribution in [3.63, 3.8) is 0 Å². The second kappa shape index (κ2) is 16.1. The number of tetrazole rings is 1. The van der Waals surface area contributed by atoms with Crippen molar-refractivity contribution in [3.8, 4) is 0 Å². The predicted molar refractivity (Wildman–Crippen MR) is 169 cm³/mol. The highest BCUT2D eigenvalue weighted by Crippen LogP contribution is 2.40. The van der Waals surface area contributed by atoms with E-state index in [0.717, 1.165) is 23.7 Å². The van der Waals surface area contributed by atoms with E-state index in [-0.39, 0.29) is 53.8 Å². The fourth-order valence-electron chi connectivity index (χ4n) is 6.36. The number of halogens is 10. The van der Waals surface area contributed by atoms with Gasteiger partial charge in [-0.3, -0.25) is 4.79 Å². The highest BCUT2D eigenvalue weighted by molar-refractivity contribution is 5.85. The highest BCUT2D eigenvalue weighted by Gasteiger charge is 2.38. The number of hydrogen-bond acceptors (Lipinski definition) is 6. The molecule has 3 aromatic rings. The van der Waals surface area contributed by atoms with E-state index in [1.807, 2.05) is 11.8 Å². The standard InChI is InChI=1S/C32H37F9N6O2.ClH/c1-4-9-46(16-21-7-5-20(6-8-21)13-28(48)49)27-10-19(2)26(32(39,40)41)14-23(27)18-47(29-42-44-45(3)43-29)17-22-11-24(30(33,34)35)15-25(12-22)31(36,37)38;/h10-12,14-15,20-21H,4-9,13,16-18H2,1-3H3,(H,48,49);1H/t20-,21-;. The average Bonchev–Trinajstić information content (AvgIpc) is 3.42. The van der Waals surface area contributed by atoms with Crippen LogP contribution in [-0.2, 0) is 43.5 Å². The molecule has 0 spiro atoms. The van der Waals surface area contributed by atoms with E-state index in [1.54, 1.807) is 0 Å². The van der Waals surface area contributed by atoms with E-state index in [9.17, 15) is 49.4 Å². The van der Waals surface area contributed by atoms with Gasteiger partial charge in [0.25, 0.3) is 5.95 Å². The quantitative estimate of drug-likeness (QED) is 0.186. The minimum absolute atomic E-state index is 0. The Morgan fingerprint density at radius 1 is 0.860 bits per heavy atom. The SMILES string of the molecule is CCCN(C[C@H]1CC[C@H](CC(=O)O)CC1)c1cc(C)c(C(F)(F)F)cc1CN(Cc1cc(C(F)(F)F)cc(C(F)(F)F)c1)c1nnn(C)n1.Cl. The van der Waals surface area contributed by atoms with Gasteiger partial charge in [0.2, 0.25) is 0 Å². The lowest BCUT2D eigenvalue weighted by Gasteiger charge is -2.35. The molecule has 0 saturated heterocycles. The molecule has 278 valence electrons. The zero-order valence-electron chi connectivity index (χ0n) is 27.5. The van der Waals surface area contributed by atoms with Crippen LogP contribution in [0.25, 0.3) is 0 Å². The van der Waals surface area contributed by atoms with Crippen LogP contribution < -0.4 is 9.80 Å². The van der Waals surface area contributed by atoms with Gasteiger partial charge in [0.15, 0.2) is 0 Å². The van der Waals surface area contributed by atoms with E-state index in [0.29, 0.717) is 50.2 Å². The van der Waals surface area contributed by atoms with Crippen LogP contribution >= 0.6 is 12.4 Å². The third-order valence-corrected chi connectivity index (χ3v) is 8.64. The minimum Gasteiger partial charge on any atom is -0.481 e. The molecule has 2 aromatic carbocycles. The first-order chi connectivity index (χ1) is 22.7. The summed E-state index contributed by atoms with van der Waals surface area (Å²) < 4.78 is 125. The number of aromatic nitrogens is 4. The maximum atomic E-state index is 14.2.